The van der Waals surface area contributed by atoms with Gasteiger partial charge in [0.25, 0.3) is 5.91 Å². The number of rotatable bonds is 4. The van der Waals surface area contributed by atoms with Crippen LogP contribution in [-0.4, -0.2) is 94.9 Å². The van der Waals surface area contributed by atoms with Gasteiger partial charge in [-0.05, 0) is 13.8 Å². The van der Waals surface area contributed by atoms with Gasteiger partial charge in [-0.3, -0.25) is 14.4 Å². The fourth-order valence-electron chi connectivity index (χ4n) is 4.52. The number of amides is 3. The molecule has 0 radical (unpaired) electrons. The number of hydrogen-bond acceptors (Lipinski definition) is 5. The van der Waals surface area contributed by atoms with Gasteiger partial charge in [-0.25, -0.2) is 4.79 Å². The molecule has 0 saturated carbocycles. The van der Waals surface area contributed by atoms with Crippen molar-refractivity contribution in [2.24, 2.45) is 7.05 Å². The van der Waals surface area contributed by atoms with Gasteiger partial charge in [-0.15, -0.1) is 0 Å². The molecule has 3 aliphatic heterocycles. The summed E-state index contributed by atoms with van der Waals surface area (Å²) in [6.07, 6.45) is 0.780. The maximum absolute atomic E-state index is 13.1. The van der Waals surface area contributed by atoms with E-state index < -0.39 is 0 Å². The van der Waals surface area contributed by atoms with Crippen LogP contribution in [0.2, 0.25) is 0 Å². The number of piperazine rings is 1. The molecule has 1 aromatic rings. The lowest BCUT2D eigenvalue weighted by atomic mass is 9.99. The molecule has 3 aliphatic rings. The Morgan fingerprint density at radius 1 is 1.18 bits per heavy atom. The predicted molar refractivity (Wildman–Crippen MR) is 103 cm³/mol. The molecule has 4 heterocycles. The van der Waals surface area contributed by atoms with Crippen LogP contribution in [0, 0.1) is 0 Å². The molecule has 2 saturated heterocycles. The van der Waals surface area contributed by atoms with Crippen LogP contribution in [0.4, 0.5) is 4.79 Å². The third-order valence-corrected chi connectivity index (χ3v) is 6.00. The van der Waals surface area contributed by atoms with Gasteiger partial charge in [0.2, 0.25) is 0 Å². The van der Waals surface area contributed by atoms with E-state index in [1.165, 1.54) is 0 Å². The van der Waals surface area contributed by atoms with Crippen molar-refractivity contribution in [1.82, 2.24) is 29.8 Å². The lowest BCUT2D eigenvalue weighted by Crippen LogP contribution is -2.50. The zero-order valence-electron chi connectivity index (χ0n) is 17.0. The van der Waals surface area contributed by atoms with Crippen molar-refractivity contribution in [2.75, 3.05) is 52.4 Å². The van der Waals surface area contributed by atoms with Crippen LogP contribution >= 0.6 is 0 Å². The Kier molecular flexibility index (Phi) is 5.29. The van der Waals surface area contributed by atoms with Crippen molar-refractivity contribution >= 4 is 11.9 Å². The first-order valence-corrected chi connectivity index (χ1v) is 10.2. The van der Waals surface area contributed by atoms with Crippen LogP contribution in [0.5, 0.6) is 0 Å². The number of nitrogens with one attached hydrogen (secondary N) is 1. The molecule has 2 fully saturated rings. The fourth-order valence-corrected chi connectivity index (χ4v) is 4.52. The molecule has 0 bridgehead atoms. The highest BCUT2D eigenvalue weighted by Gasteiger charge is 2.34. The Morgan fingerprint density at radius 2 is 1.93 bits per heavy atom. The number of fused-ring (bicyclic) bond motifs is 1. The average molecular weight is 390 g/mol. The van der Waals surface area contributed by atoms with Gasteiger partial charge in [0, 0.05) is 71.4 Å². The van der Waals surface area contributed by atoms with Crippen LogP contribution in [0.3, 0.4) is 0 Å². The number of hydrogen-bond donors (Lipinski definition) is 1. The van der Waals surface area contributed by atoms with Crippen LogP contribution in [0.15, 0.2) is 0 Å². The van der Waals surface area contributed by atoms with Crippen LogP contribution < -0.4 is 5.32 Å². The average Bonchev–Trinajstić information content (AvgIpc) is 3.22. The second-order valence-corrected chi connectivity index (χ2v) is 7.98. The largest absolute Gasteiger partial charge is 0.369 e. The molecule has 0 spiro atoms. The summed E-state index contributed by atoms with van der Waals surface area (Å²) in [4.78, 5) is 30.9. The molecule has 154 valence electrons. The lowest BCUT2D eigenvalue weighted by molar-refractivity contribution is -0.00908. The predicted octanol–water partition coefficient (Wildman–Crippen LogP) is 0.225. The standard InChI is InChI=1S/C19H30N6O3/c1-13-12-15-16(21-22(3)17(15)14(2)28-13)18(26)24-9-6-23(7-10-24)8-11-25-5-4-20-19(25)27/h13-14H,4-12H2,1-3H3,(H,20,27)/t13-,14+/m1/s1. The zero-order valence-corrected chi connectivity index (χ0v) is 17.0. The minimum absolute atomic E-state index is 0.0247. The summed E-state index contributed by atoms with van der Waals surface area (Å²) in [6, 6.07) is 0.0289. The van der Waals surface area contributed by atoms with E-state index in [1.807, 2.05) is 30.7 Å². The molecule has 4 rings (SSSR count). The lowest BCUT2D eigenvalue weighted by Gasteiger charge is -2.35. The van der Waals surface area contributed by atoms with E-state index in [0.29, 0.717) is 18.8 Å². The molecule has 0 unspecified atom stereocenters. The summed E-state index contributed by atoms with van der Waals surface area (Å²) in [5.41, 5.74) is 2.65. The summed E-state index contributed by atoms with van der Waals surface area (Å²) < 4.78 is 7.70. The second-order valence-electron chi connectivity index (χ2n) is 7.98. The molecule has 1 aromatic heterocycles. The molecule has 9 heteroatoms. The van der Waals surface area contributed by atoms with Crippen molar-refractivity contribution < 1.29 is 14.3 Å². The first kappa shape index (κ1) is 19.2. The van der Waals surface area contributed by atoms with Crippen molar-refractivity contribution in [3.63, 3.8) is 0 Å². The normalized spacial score (nSPS) is 25.8. The molecular weight excluding hydrogens is 360 g/mol. The van der Waals surface area contributed by atoms with Crippen LogP contribution in [-0.2, 0) is 18.2 Å². The monoisotopic (exact) mass is 390 g/mol. The van der Waals surface area contributed by atoms with E-state index in [1.54, 1.807) is 4.68 Å². The molecule has 1 N–H and O–H groups in total. The quantitative estimate of drug-likeness (QED) is 0.796. The molecule has 28 heavy (non-hydrogen) atoms. The number of aromatic nitrogens is 2. The Hall–Kier alpha value is -2.13. The first-order valence-electron chi connectivity index (χ1n) is 10.2. The van der Waals surface area contributed by atoms with E-state index in [9.17, 15) is 9.59 Å². The van der Waals surface area contributed by atoms with Gasteiger partial charge in [0.15, 0.2) is 5.69 Å². The van der Waals surface area contributed by atoms with Crippen LogP contribution in [0.25, 0.3) is 0 Å². The van der Waals surface area contributed by atoms with Gasteiger partial charge >= 0.3 is 6.03 Å². The third-order valence-electron chi connectivity index (χ3n) is 6.00. The molecule has 2 atom stereocenters. The van der Waals surface area contributed by atoms with E-state index in [2.05, 4.69) is 15.3 Å². The van der Waals surface area contributed by atoms with E-state index in [4.69, 9.17) is 4.74 Å². The van der Waals surface area contributed by atoms with E-state index in [0.717, 1.165) is 56.9 Å². The number of aryl methyl sites for hydroxylation is 1. The Morgan fingerprint density at radius 3 is 2.61 bits per heavy atom. The van der Waals surface area contributed by atoms with Crippen LogP contribution in [0.1, 0.15) is 41.7 Å². The van der Waals surface area contributed by atoms with Crippen molar-refractivity contribution in [3.05, 3.63) is 17.0 Å². The van der Waals surface area contributed by atoms with Gasteiger partial charge in [0.1, 0.15) is 0 Å². The van der Waals surface area contributed by atoms with E-state index >= 15 is 0 Å². The first-order chi connectivity index (χ1) is 13.4. The number of ether oxygens (including phenoxy) is 1. The summed E-state index contributed by atoms with van der Waals surface area (Å²) in [6.45, 7) is 10.2. The maximum Gasteiger partial charge on any atom is 0.317 e. The maximum atomic E-state index is 13.1. The smallest absolute Gasteiger partial charge is 0.317 e. The summed E-state index contributed by atoms with van der Waals surface area (Å²) in [5, 5.41) is 7.38. The van der Waals surface area contributed by atoms with Gasteiger partial charge in [-0.1, -0.05) is 0 Å². The molecule has 0 aliphatic carbocycles. The number of nitrogens with zero attached hydrogens (tertiary/aromatic N) is 5. The molecular formula is C19H30N6O3. The van der Waals surface area contributed by atoms with Crippen molar-refractivity contribution in [2.45, 2.75) is 32.5 Å². The summed E-state index contributed by atoms with van der Waals surface area (Å²) in [5.74, 6) is 0.0247. The highest BCUT2D eigenvalue weighted by Crippen LogP contribution is 2.32. The minimum Gasteiger partial charge on any atom is -0.369 e. The molecule has 3 amide bonds. The highest BCUT2D eigenvalue weighted by molar-refractivity contribution is 5.94. The SMILES string of the molecule is C[C@@H]1Cc2c(C(=O)N3CCN(CCN4CCNC4=O)CC3)nn(C)c2[C@H](C)O1. The summed E-state index contributed by atoms with van der Waals surface area (Å²) in [7, 11) is 1.89. The van der Waals surface area contributed by atoms with Gasteiger partial charge in [0.05, 0.1) is 17.9 Å². The van der Waals surface area contributed by atoms with Crippen molar-refractivity contribution in [1.29, 1.82) is 0 Å². The number of carbonyl (C=O) groups excluding carboxylic acids is 2. The molecule has 9 nitrogen and oxygen atoms in total. The number of carbonyl (C=O) groups is 2. The van der Waals surface area contributed by atoms with Gasteiger partial charge in [-0.2, -0.15) is 5.10 Å². The fraction of sp³-hybridized carbons (Fsp3) is 0.737. The third kappa shape index (κ3) is 3.60. The second kappa shape index (κ2) is 7.71. The summed E-state index contributed by atoms with van der Waals surface area (Å²) >= 11 is 0. The Balaban J connectivity index is 1.36. The van der Waals surface area contributed by atoms with Crippen molar-refractivity contribution in [3.8, 4) is 0 Å². The molecule has 0 aromatic carbocycles. The zero-order chi connectivity index (χ0) is 19.8. The topological polar surface area (TPSA) is 82.9 Å². The number of urea groups is 1. The minimum atomic E-state index is -0.0440. The Labute approximate surface area is 165 Å². The van der Waals surface area contributed by atoms with E-state index in [-0.39, 0.29) is 24.1 Å². The highest BCUT2D eigenvalue weighted by atomic mass is 16.5. The Bertz CT molecular complexity index is 755. The van der Waals surface area contributed by atoms with Gasteiger partial charge < -0.3 is 19.9 Å².